The Morgan fingerprint density at radius 2 is 2.00 bits per heavy atom. The zero-order chi connectivity index (χ0) is 16.5. The van der Waals surface area contributed by atoms with E-state index in [4.69, 9.17) is 4.42 Å². The number of nitro groups is 1. The van der Waals surface area contributed by atoms with Crippen LogP contribution in [0.2, 0.25) is 0 Å². The van der Waals surface area contributed by atoms with E-state index in [1.807, 2.05) is 42.5 Å². The summed E-state index contributed by atoms with van der Waals surface area (Å²) in [5.41, 5.74) is 2.61. The van der Waals surface area contributed by atoms with Crippen LogP contribution in [0.3, 0.4) is 0 Å². The Labute approximate surface area is 135 Å². The van der Waals surface area contributed by atoms with Crippen molar-refractivity contribution in [3.63, 3.8) is 0 Å². The third kappa shape index (κ3) is 2.39. The number of benzene rings is 2. The summed E-state index contributed by atoms with van der Waals surface area (Å²) >= 11 is 0. The van der Waals surface area contributed by atoms with Crippen molar-refractivity contribution in [2.45, 2.75) is 6.42 Å². The highest BCUT2D eigenvalue weighted by atomic mass is 16.6. The summed E-state index contributed by atoms with van der Waals surface area (Å²) in [6, 6.07) is 14.6. The molecule has 4 aromatic rings. The molecule has 0 fully saturated rings. The predicted octanol–water partition coefficient (Wildman–Crippen LogP) is 3.11. The van der Waals surface area contributed by atoms with Gasteiger partial charge in [-0.3, -0.25) is 10.1 Å². The van der Waals surface area contributed by atoms with Crippen molar-refractivity contribution in [2.75, 3.05) is 0 Å². The lowest BCUT2D eigenvalue weighted by molar-refractivity contribution is -0.400. The maximum atomic E-state index is 11.4. The van der Waals surface area contributed by atoms with Crippen molar-refractivity contribution in [3.8, 4) is 11.1 Å². The number of tetrazole rings is 1. The van der Waals surface area contributed by atoms with Gasteiger partial charge in [-0.25, -0.2) is 5.10 Å². The first-order chi connectivity index (χ1) is 11.7. The summed E-state index contributed by atoms with van der Waals surface area (Å²) in [6.45, 7) is 0. The van der Waals surface area contributed by atoms with Crippen LogP contribution in [-0.4, -0.2) is 25.5 Å². The minimum Gasteiger partial charge on any atom is -0.400 e. The first-order valence-corrected chi connectivity index (χ1v) is 7.20. The monoisotopic (exact) mass is 321 g/mol. The molecule has 0 bridgehead atoms. The van der Waals surface area contributed by atoms with Gasteiger partial charge in [0.2, 0.25) is 0 Å². The predicted molar refractivity (Wildman–Crippen MR) is 85.3 cm³/mol. The van der Waals surface area contributed by atoms with Crippen molar-refractivity contribution >= 4 is 16.9 Å². The third-order valence-corrected chi connectivity index (χ3v) is 3.72. The minimum atomic E-state index is -0.498. The summed E-state index contributed by atoms with van der Waals surface area (Å²) < 4.78 is 5.46. The molecule has 0 amide bonds. The van der Waals surface area contributed by atoms with Gasteiger partial charge in [-0.15, -0.1) is 5.10 Å². The Morgan fingerprint density at radius 3 is 2.71 bits per heavy atom. The summed E-state index contributed by atoms with van der Waals surface area (Å²) in [5.74, 6) is 0.364. The summed E-state index contributed by atoms with van der Waals surface area (Å²) in [7, 11) is 0. The molecular formula is C16H11N5O3. The van der Waals surface area contributed by atoms with E-state index in [0.717, 1.165) is 11.1 Å². The minimum absolute atomic E-state index is 0.255. The van der Waals surface area contributed by atoms with Crippen LogP contribution in [0, 0.1) is 10.1 Å². The molecule has 2 aromatic carbocycles. The number of nitrogens with one attached hydrogen (secondary N) is 1. The fourth-order valence-electron chi connectivity index (χ4n) is 2.70. The standard InChI is InChI=1S/C16H11N5O3/c22-21(23)16-15(11-4-2-1-3-5-11)12-8-10(6-7-13(12)24-16)9-14-17-19-20-18-14/h1-8H,9H2,(H,17,18,19,20). The molecule has 1 N–H and O–H groups in total. The van der Waals surface area contributed by atoms with E-state index in [1.54, 1.807) is 6.07 Å². The summed E-state index contributed by atoms with van der Waals surface area (Å²) in [6.07, 6.45) is 0.496. The molecule has 0 unspecified atom stereocenters. The second-order valence-corrected chi connectivity index (χ2v) is 5.26. The molecule has 2 heterocycles. The van der Waals surface area contributed by atoms with Gasteiger partial charge in [0, 0.05) is 11.8 Å². The number of aromatic amines is 1. The molecule has 24 heavy (non-hydrogen) atoms. The number of H-pyrrole nitrogens is 1. The van der Waals surface area contributed by atoms with Gasteiger partial charge < -0.3 is 4.42 Å². The number of furan rings is 1. The topological polar surface area (TPSA) is 111 Å². The molecule has 8 heteroatoms. The Balaban J connectivity index is 1.90. The van der Waals surface area contributed by atoms with Crippen LogP contribution < -0.4 is 0 Å². The van der Waals surface area contributed by atoms with Gasteiger partial charge in [-0.1, -0.05) is 36.4 Å². The summed E-state index contributed by atoms with van der Waals surface area (Å²) in [4.78, 5) is 10.9. The van der Waals surface area contributed by atoms with Crippen LogP contribution in [0.25, 0.3) is 22.1 Å². The zero-order valence-electron chi connectivity index (χ0n) is 12.3. The van der Waals surface area contributed by atoms with Crippen molar-refractivity contribution in [1.29, 1.82) is 0 Å². The number of hydrogen-bond donors (Lipinski definition) is 1. The van der Waals surface area contributed by atoms with E-state index < -0.39 is 4.92 Å². The van der Waals surface area contributed by atoms with Crippen LogP contribution in [-0.2, 0) is 6.42 Å². The van der Waals surface area contributed by atoms with Gasteiger partial charge in [0.25, 0.3) is 0 Å². The number of fused-ring (bicyclic) bond motifs is 1. The first-order valence-electron chi connectivity index (χ1n) is 7.20. The molecule has 8 nitrogen and oxygen atoms in total. The lowest BCUT2D eigenvalue weighted by Crippen LogP contribution is -1.91. The molecule has 118 valence electrons. The first kappa shape index (κ1) is 14.1. The van der Waals surface area contributed by atoms with E-state index in [9.17, 15) is 10.1 Å². The molecule has 0 radical (unpaired) electrons. The molecule has 0 aliphatic heterocycles. The van der Waals surface area contributed by atoms with Crippen molar-refractivity contribution in [1.82, 2.24) is 20.6 Å². The fourth-order valence-corrected chi connectivity index (χ4v) is 2.70. The van der Waals surface area contributed by atoms with Crippen molar-refractivity contribution in [2.24, 2.45) is 0 Å². The lowest BCUT2D eigenvalue weighted by atomic mass is 10.0. The molecule has 0 aliphatic carbocycles. The van der Waals surface area contributed by atoms with Gasteiger partial charge in [0.15, 0.2) is 5.82 Å². The smallest absolute Gasteiger partial charge is 0.400 e. The van der Waals surface area contributed by atoms with Crippen molar-refractivity contribution in [3.05, 3.63) is 70.0 Å². The Morgan fingerprint density at radius 1 is 1.17 bits per heavy atom. The highest BCUT2D eigenvalue weighted by molar-refractivity contribution is 5.99. The average Bonchev–Trinajstić information content (AvgIpc) is 3.22. The summed E-state index contributed by atoms with van der Waals surface area (Å²) in [5, 5.41) is 25.7. The zero-order valence-corrected chi connectivity index (χ0v) is 12.3. The molecule has 0 saturated carbocycles. The molecule has 2 aromatic heterocycles. The van der Waals surface area contributed by atoms with E-state index in [1.165, 1.54) is 0 Å². The van der Waals surface area contributed by atoms with Crippen molar-refractivity contribution < 1.29 is 9.34 Å². The number of hydrogen-bond acceptors (Lipinski definition) is 6. The van der Waals surface area contributed by atoms with E-state index in [0.29, 0.717) is 28.8 Å². The van der Waals surface area contributed by atoms with Crippen LogP contribution in [0.5, 0.6) is 0 Å². The molecule has 4 rings (SSSR count). The SMILES string of the molecule is O=[N+]([O-])c1oc2ccc(Cc3nnn[nH]3)cc2c1-c1ccccc1. The molecular weight excluding hydrogens is 310 g/mol. The molecule has 0 aliphatic rings. The second kappa shape index (κ2) is 5.58. The Kier molecular flexibility index (Phi) is 3.27. The van der Waals surface area contributed by atoms with E-state index in [-0.39, 0.29) is 5.88 Å². The second-order valence-electron chi connectivity index (χ2n) is 5.26. The van der Waals surface area contributed by atoms with E-state index in [2.05, 4.69) is 20.6 Å². The highest BCUT2D eigenvalue weighted by Crippen LogP contribution is 2.40. The van der Waals surface area contributed by atoms with Gasteiger partial charge in [-0.05, 0) is 33.7 Å². The molecule has 0 atom stereocenters. The molecule has 0 saturated heterocycles. The van der Waals surface area contributed by atoms with Gasteiger partial charge in [0.05, 0.1) is 0 Å². The lowest BCUT2D eigenvalue weighted by Gasteiger charge is -2.00. The van der Waals surface area contributed by atoms with Crippen LogP contribution in [0.4, 0.5) is 5.88 Å². The normalized spacial score (nSPS) is 11.0. The van der Waals surface area contributed by atoms with Gasteiger partial charge in [0.1, 0.15) is 16.1 Å². The third-order valence-electron chi connectivity index (χ3n) is 3.72. The molecule has 0 spiro atoms. The average molecular weight is 321 g/mol. The number of aromatic nitrogens is 4. The maximum Gasteiger partial charge on any atom is 0.442 e. The van der Waals surface area contributed by atoms with Gasteiger partial charge >= 0.3 is 5.88 Å². The quantitative estimate of drug-likeness (QED) is 0.456. The number of nitrogens with zero attached hydrogens (tertiary/aromatic N) is 4. The highest BCUT2D eigenvalue weighted by Gasteiger charge is 2.25. The van der Waals surface area contributed by atoms with Crippen LogP contribution in [0.15, 0.2) is 52.9 Å². The Bertz CT molecular complexity index is 1010. The van der Waals surface area contributed by atoms with Crippen LogP contribution in [0.1, 0.15) is 11.4 Å². The largest absolute Gasteiger partial charge is 0.442 e. The number of rotatable bonds is 4. The Hall–Kier alpha value is -3.55. The van der Waals surface area contributed by atoms with E-state index >= 15 is 0 Å². The van der Waals surface area contributed by atoms with Crippen LogP contribution >= 0.6 is 0 Å². The maximum absolute atomic E-state index is 11.4. The van der Waals surface area contributed by atoms with Gasteiger partial charge in [-0.2, -0.15) is 0 Å². The fraction of sp³-hybridized carbons (Fsp3) is 0.0625.